The molecule has 0 heterocycles. The number of hydrogen-bond acceptors (Lipinski definition) is 5. The van der Waals surface area contributed by atoms with Crippen LogP contribution < -0.4 is 0 Å². The van der Waals surface area contributed by atoms with E-state index in [1.807, 2.05) is 0 Å². The summed E-state index contributed by atoms with van der Waals surface area (Å²) in [5.41, 5.74) is 0. The van der Waals surface area contributed by atoms with E-state index in [-0.39, 0.29) is 6.42 Å². The summed E-state index contributed by atoms with van der Waals surface area (Å²) in [5, 5.41) is -0.460. The third-order valence-corrected chi connectivity index (χ3v) is 4.76. The fourth-order valence-corrected chi connectivity index (χ4v) is 3.65. The molecule has 1 aliphatic rings. The average Bonchev–Trinajstić information content (AvgIpc) is 1.99. The molecule has 0 aromatic heterocycles. The number of rotatable bonds is 3. The standard InChI is InChI=1S/C8H16O5S2/c1-14(9,10)8-5-3-4-7(6-8)13-15(2,11)12/h7-8H,3-6H2,1-2H3/t7-,8-/m0/s1. The number of sulfone groups is 1. The summed E-state index contributed by atoms with van der Waals surface area (Å²) in [7, 11) is -6.58. The highest BCUT2D eigenvalue weighted by Gasteiger charge is 2.30. The Kier molecular flexibility index (Phi) is 3.78. The van der Waals surface area contributed by atoms with Crippen LogP contribution in [0.2, 0.25) is 0 Å². The summed E-state index contributed by atoms with van der Waals surface area (Å²) in [6.45, 7) is 0. The molecule has 90 valence electrons. The molecular weight excluding hydrogens is 240 g/mol. The molecule has 15 heavy (non-hydrogen) atoms. The lowest BCUT2D eigenvalue weighted by molar-refractivity contribution is 0.165. The zero-order valence-electron chi connectivity index (χ0n) is 8.84. The molecule has 0 unspecified atom stereocenters. The second-order valence-corrected chi connectivity index (χ2v) is 7.97. The van der Waals surface area contributed by atoms with Gasteiger partial charge in [-0.15, -0.1) is 0 Å². The van der Waals surface area contributed by atoms with Crippen molar-refractivity contribution in [2.75, 3.05) is 12.5 Å². The average molecular weight is 256 g/mol. The number of hydrogen-bond donors (Lipinski definition) is 0. The Bertz CT molecular complexity index is 408. The predicted molar refractivity (Wildman–Crippen MR) is 56.8 cm³/mol. The van der Waals surface area contributed by atoms with Gasteiger partial charge in [0.05, 0.1) is 17.6 Å². The maximum Gasteiger partial charge on any atom is 0.264 e. The second-order valence-electron chi connectivity index (χ2n) is 4.04. The SMILES string of the molecule is CS(=O)(=O)O[C@H]1CCC[C@H](S(C)(=O)=O)C1. The summed E-state index contributed by atoms with van der Waals surface area (Å²) in [6, 6.07) is 0. The first-order chi connectivity index (χ1) is 6.68. The van der Waals surface area contributed by atoms with Crippen LogP contribution in [0.15, 0.2) is 0 Å². The Morgan fingerprint density at radius 1 is 1.07 bits per heavy atom. The molecule has 2 atom stereocenters. The molecule has 0 N–H and O–H groups in total. The zero-order chi connectivity index (χ0) is 11.7. The van der Waals surface area contributed by atoms with E-state index in [1.54, 1.807) is 0 Å². The highest BCUT2D eigenvalue weighted by atomic mass is 32.2. The van der Waals surface area contributed by atoms with Gasteiger partial charge in [-0.2, -0.15) is 8.42 Å². The first-order valence-corrected chi connectivity index (χ1v) is 8.53. The van der Waals surface area contributed by atoms with E-state index in [9.17, 15) is 16.8 Å². The van der Waals surface area contributed by atoms with Crippen LogP contribution in [0.5, 0.6) is 0 Å². The van der Waals surface area contributed by atoms with Crippen LogP contribution in [0.1, 0.15) is 25.7 Å². The van der Waals surface area contributed by atoms with Gasteiger partial charge in [-0.25, -0.2) is 8.42 Å². The minimum absolute atomic E-state index is 0.284. The smallest absolute Gasteiger partial charge is 0.264 e. The molecule has 0 aromatic carbocycles. The lowest BCUT2D eigenvalue weighted by Gasteiger charge is -2.26. The van der Waals surface area contributed by atoms with Gasteiger partial charge in [-0.3, -0.25) is 4.18 Å². The van der Waals surface area contributed by atoms with E-state index in [1.165, 1.54) is 6.26 Å². The van der Waals surface area contributed by atoms with Gasteiger partial charge in [0.15, 0.2) is 0 Å². The van der Waals surface area contributed by atoms with Crippen molar-refractivity contribution in [3.63, 3.8) is 0 Å². The largest absolute Gasteiger partial charge is 0.267 e. The van der Waals surface area contributed by atoms with Gasteiger partial charge in [-0.05, 0) is 25.7 Å². The van der Waals surface area contributed by atoms with Gasteiger partial charge in [0.2, 0.25) is 0 Å². The lowest BCUT2D eigenvalue weighted by atomic mass is 9.97. The van der Waals surface area contributed by atoms with Gasteiger partial charge in [-0.1, -0.05) is 0 Å². The molecule has 0 bridgehead atoms. The maximum absolute atomic E-state index is 11.3. The van der Waals surface area contributed by atoms with Crippen LogP contribution in [-0.4, -0.2) is 40.7 Å². The fraction of sp³-hybridized carbons (Fsp3) is 1.00. The Balaban J connectivity index is 2.65. The van der Waals surface area contributed by atoms with Crippen molar-refractivity contribution < 1.29 is 21.0 Å². The summed E-state index contributed by atoms with van der Waals surface area (Å²) in [6.07, 6.45) is 3.87. The maximum atomic E-state index is 11.3. The molecule has 7 heteroatoms. The normalized spacial score (nSPS) is 28.9. The molecule has 0 radical (unpaired) electrons. The van der Waals surface area contributed by atoms with Crippen LogP contribution in [0.4, 0.5) is 0 Å². The molecule has 0 aromatic rings. The van der Waals surface area contributed by atoms with Gasteiger partial charge < -0.3 is 0 Å². The molecule has 0 aliphatic heterocycles. The van der Waals surface area contributed by atoms with Crippen molar-refractivity contribution in [3.05, 3.63) is 0 Å². The highest BCUT2D eigenvalue weighted by molar-refractivity contribution is 7.91. The van der Waals surface area contributed by atoms with Gasteiger partial charge >= 0.3 is 0 Å². The summed E-state index contributed by atoms with van der Waals surface area (Å²) in [4.78, 5) is 0. The van der Waals surface area contributed by atoms with Crippen LogP contribution >= 0.6 is 0 Å². The fourth-order valence-electron chi connectivity index (χ4n) is 1.83. The minimum atomic E-state index is -3.49. The van der Waals surface area contributed by atoms with Gasteiger partial charge in [0.25, 0.3) is 10.1 Å². The summed E-state index contributed by atoms with van der Waals surface area (Å²) < 4.78 is 49.2. The van der Waals surface area contributed by atoms with Crippen LogP contribution in [-0.2, 0) is 24.1 Å². The molecule has 1 fully saturated rings. The van der Waals surface area contributed by atoms with E-state index in [0.29, 0.717) is 19.3 Å². The molecule has 0 saturated heterocycles. The molecule has 0 spiro atoms. The van der Waals surface area contributed by atoms with E-state index < -0.39 is 31.3 Å². The van der Waals surface area contributed by atoms with E-state index in [0.717, 1.165) is 6.26 Å². The van der Waals surface area contributed by atoms with Crippen molar-refractivity contribution >= 4 is 20.0 Å². The van der Waals surface area contributed by atoms with Crippen molar-refractivity contribution in [2.45, 2.75) is 37.0 Å². The summed E-state index contributed by atoms with van der Waals surface area (Å²) >= 11 is 0. The first-order valence-electron chi connectivity index (χ1n) is 4.75. The van der Waals surface area contributed by atoms with Crippen molar-refractivity contribution in [1.82, 2.24) is 0 Å². The summed E-state index contributed by atoms with van der Waals surface area (Å²) in [5.74, 6) is 0. The van der Waals surface area contributed by atoms with Crippen molar-refractivity contribution in [3.8, 4) is 0 Å². The lowest BCUT2D eigenvalue weighted by Crippen LogP contribution is -2.32. The Morgan fingerprint density at radius 2 is 1.67 bits per heavy atom. The second kappa shape index (κ2) is 4.39. The Morgan fingerprint density at radius 3 is 2.13 bits per heavy atom. The predicted octanol–water partition coefficient (Wildman–Crippen LogP) is 0.318. The monoisotopic (exact) mass is 256 g/mol. The molecule has 1 saturated carbocycles. The molecule has 1 rings (SSSR count). The Hall–Kier alpha value is -0.140. The zero-order valence-corrected chi connectivity index (χ0v) is 10.5. The van der Waals surface area contributed by atoms with Crippen LogP contribution in [0.25, 0.3) is 0 Å². The topological polar surface area (TPSA) is 77.5 Å². The van der Waals surface area contributed by atoms with E-state index in [2.05, 4.69) is 0 Å². The third kappa shape index (κ3) is 4.48. The van der Waals surface area contributed by atoms with Crippen LogP contribution in [0.3, 0.4) is 0 Å². The molecular formula is C8H16O5S2. The van der Waals surface area contributed by atoms with Crippen molar-refractivity contribution in [1.29, 1.82) is 0 Å². The quantitative estimate of drug-likeness (QED) is 0.679. The van der Waals surface area contributed by atoms with Crippen LogP contribution in [0, 0.1) is 0 Å². The van der Waals surface area contributed by atoms with Gasteiger partial charge in [0.1, 0.15) is 9.84 Å². The molecule has 0 amide bonds. The highest BCUT2D eigenvalue weighted by Crippen LogP contribution is 2.26. The first kappa shape index (κ1) is 12.9. The molecule has 5 nitrogen and oxygen atoms in total. The molecule has 1 aliphatic carbocycles. The van der Waals surface area contributed by atoms with E-state index in [4.69, 9.17) is 4.18 Å². The third-order valence-electron chi connectivity index (χ3n) is 2.49. The van der Waals surface area contributed by atoms with E-state index >= 15 is 0 Å². The Labute approximate surface area is 90.9 Å². The van der Waals surface area contributed by atoms with Crippen molar-refractivity contribution in [2.24, 2.45) is 0 Å². The van der Waals surface area contributed by atoms with Gasteiger partial charge in [0, 0.05) is 6.26 Å². The minimum Gasteiger partial charge on any atom is -0.267 e.